The van der Waals surface area contributed by atoms with Crippen molar-refractivity contribution in [2.24, 2.45) is 0 Å². The first-order valence-corrected chi connectivity index (χ1v) is 11.0. The van der Waals surface area contributed by atoms with E-state index in [-0.39, 0.29) is 11.9 Å². The van der Waals surface area contributed by atoms with Gasteiger partial charge < -0.3 is 14.5 Å². The van der Waals surface area contributed by atoms with E-state index in [0.717, 1.165) is 40.9 Å². The van der Waals surface area contributed by atoms with Gasteiger partial charge in [0.05, 0.1) is 24.9 Å². The number of hydrogen-bond donors (Lipinski definition) is 1. The van der Waals surface area contributed by atoms with E-state index in [1.807, 2.05) is 42.8 Å². The molecule has 1 saturated heterocycles. The topological polar surface area (TPSA) is 67.6 Å². The minimum Gasteiger partial charge on any atom is -0.465 e. The Labute approximate surface area is 172 Å². The van der Waals surface area contributed by atoms with Crippen LogP contribution in [0.15, 0.2) is 33.4 Å². The van der Waals surface area contributed by atoms with Crippen molar-refractivity contribution in [2.75, 3.05) is 32.8 Å². The zero-order valence-electron chi connectivity index (χ0n) is 15.9. The Kier molecular flexibility index (Phi) is 5.91. The number of morpholine rings is 1. The van der Waals surface area contributed by atoms with Crippen LogP contribution in [0.4, 0.5) is 0 Å². The van der Waals surface area contributed by atoms with Crippen molar-refractivity contribution in [3.05, 3.63) is 51.1 Å². The molecule has 0 aromatic carbocycles. The largest absolute Gasteiger partial charge is 0.465 e. The van der Waals surface area contributed by atoms with Crippen molar-refractivity contribution in [1.82, 2.24) is 15.2 Å². The van der Waals surface area contributed by atoms with Crippen molar-refractivity contribution >= 4 is 28.6 Å². The van der Waals surface area contributed by atoms with Gasteiger partial charge in [-0.1, -0.05) is 0 Å². The van der Waals surface area contributed by atoms with Gasteiger partial charge in [-0.25, -0.2) is 4.98 Å². The lowest BCUT2D eigenvalue weighted by molar-refractivity contribution is 0.0117. The fourth-order valence-corrected chi connectivity index (χ4v) is 5.01. The predicted molar refractivity (Wildman–Crippen MR) is 111 cm³/mol. The van der Waals surface area contributed by atoms with Crippen molar-refractivity contribution in [2.45, 2.75) is 19.9 Å². The van der Waals surface area contributed by atoms with E-state index >= 15 is 0 Å². The number of rotatable bonds is 6. The fourth-order valence-electron chi connectivity index (χ4n) is 3.32. The van der Waals surface area contributed by atoms with E-state index in [1.54, 1.807) is 11.3 Å². The highest BCUT2D eigenvalue weighted by Gasteiger charge is 2.26. The smallest absolute Gasteiger partial charge is 0.263 e. The van der Waals surface area contributed by atoms with Crippen molar-refractivity contribution in [3.63, 3.8) is 0 Å². The van der Waals surface area contributed by atoms with Crippen LogP contribution in [0.5, 0.6) is 0 Å². The second-order valence-electron chi connectivity index (χ2n) is 6.77. The Balaban J connectivity index is 1.48. The summed E-state index contributed by atoms with van der Waals surface area (Å²) in [4.78, 5) is 20.4. The van der Waals surface area contributed by atoms with Gasteiger partial charge in [0.2, 0.25) is 0 Å². The number of aryl methyl sites for hydroxylation is 2. The molecular weight excluding hydrogens is 394 g/mol. The summed E-state index contributed by atoms with van der Waals surface area (Å²) in [5, 5.41) is 8.05. The van der Waals surface area contributed by atoms with Crippen LogP contribution in [0.3, 0.4) is 0 Å². The van der Waals surface area contributed by atoms with Crippen molar-refractivity contribution in [1.29, 1.82) is 0 Å². The molecule has 1 aliphatic rings. The van der Waals surface area contributed by atoms with E-state index in [1.165, 1.54) is 11.3 Å². The quantitative estimate of drug-likeness (QED) is 0.659. The highest BCUT2D eigenvalue weighted by atomic mass is 32.1. The molecule has 8 heteroatoms. The Hall–Kier alpha value is -2.00. The number of furan rings is 1. The molecule has 3 aromatic rings. The van der Waals surface area contributed by atoms with Gasteiger partial charge in [-0.05, 0) is 37.4 Å². The number of hydrogen-bond acceptors (Lipinski definition) is 7. The Bertz CT molecular complexity index is 927. The van der Waals surface area contributed by atoms with Crippen LogP contribution in [0, 0.1) is 13.8 Å². The molecule has 28 heavy (non-hydrogen) atoms. The number of nitrogens with zero attached hydrogens (tertiary/aromatic N) is 2. The van der Waals surface area contributed by atoms with E-state index in [9.17, 15) is 4.79 Å². The van der Waals surface area contributed by atoms with Crippen LogP contribution in [0.2, 0.25) is 0 Å². The second kappa shape index (κ2) is 8.57. The lowest BCUT2D eigenvalue weighted by atomic mass is 10.1. The minimum atomic E-state index is -0.0852. The molecule has 6 nitrogen and oxygen atoms in total. The standard InChI is InChI=1S/C20H23N3O3S2/c1-13-3-4-17(26-13)16(23-6-8-25-9-7-23)11-21-19(24)18-14(2)22-20(28-18)15-5-10-27-12-15/h3-5,10,12,16H,6-9,11H2,1-2H3,(H,21,24). The molecule has 1 atom stereocenters. The average Bonchev–Trinajstić information content (AvgIpc) is 3.44. The maximum absolute atomic E-state index is 12.9. The third-order valence-corrected chi connectivity index (χ3v) is 6.69. The normalized spacial score (nSPS) is 16.2. The molecule has 0 bridgehead atoms. The summed E-state index contributed by atoms with van der Waals surface area (Å²) < 4.78 is 11.3. The first-order chi connectivity index (χ1) is 13.6. The molecule has 1 amide bonds. The van der Waals surface area contributed by atoms with Crippen molar-refractivity contribution < 1.29 is 13.9 Å². The summed E-state index contributed by atoms with van der Waals surface area (Å²) in [6.07, 6.45) is 0. The van der Waals surface area contributed by atoms with Crippen LogP contribution in [0.25, 0.3) is 10.6 Å². The number of carbonyl (C=O) groups excluding carboxylic acids is 1. The molecule has 1 unspecified atom stereocenters. The molecular formula is C20H23N3O3S2. The highest BCUT2D eigenvalue weighted by molar-refractivity contribution is 7.17. The van der Waals surface area contributed by atoms with Crippen molar-refractivity contribution in [3.8, 4) is 10.6 Å². The van der Waals surface area contributed by atoms with Gasteiger partial charge in [0, 0.05) is 30.6 Å². The van der Waals surface area contributed by atoms with Crippen LogP contribution >= 0.6 is 22.7 Å². The molecule has 4 rings (SSSR count). The minimum absolute atomic E-state index is 0.00822. The van der Waals surface area contributed by atoms with Crippen LogP contribution in [-0.2, 0) is 4.74 Å². The average molecular weight is 418 g/mol. The fraction of sp³-hybridized carbons (Fsp3) is 0.400. The van der Waals surface area contributed by atoms with Gasteiger partial charge in [-0.3, -0.25) is 9.69 Å². The molecule has 0 aliphatic carbocycles. The summed E-state index contributed by atoms with van der Waals surface area (Å²) in [5.74, 6) is 1.66. The van der Waals surface area contributed by atoms with Gasteiger partial charge in [-0.15, -0.1) is 11.3 Å². The highest BCUT2D eigenvalue weighted by Crippen LogP contribution is 2.30. The molecule has 3 aromatic heterocycles. The number of nitrogens with one attached hydrogen (secondary N) is 1. The summed E-state index contributed by atoms with van der Waals surface area (Å²) in [7, 11) is 0. The number of thiophene rings is 1. The second-order valence-corrected chi connectivity index (χ2v) is 8.55. The Morgan fingerprint density at radius 1 is 1.29 bits per heavy atom. The van der Waals surface area contributed by atoms with Crippen LogP contribution < -0.4 is 5.32 Å². The van der Waals surface area contributed by atoms with Gasteiger partial charge >= 0.3 is 0 Å². The summed E-state index contributed by atoms with van der Waals surface area (Å²) in [6.45, 7) is 7.34. The molecule has 148 valence electrons. The monoisotopic (exact) mass is 417 g/mol. The van der Waals surface area contributed by atoms with Gasteiger partial charge in [0.15, 0.2) is 0 Å². The van der Waals surface area contributed by atoms with Crippen LogP contribution in [-0.4, -0.2) is 48.6 Å². The van der Waals surface area contributed by atoms with E-state index in [2.05, 4.69) is 15.2 Å². The molecule has 1 aliphatic heterocycles. The molecule has 0 radical (unpaired) electrons. The van der Waals surface area contributed by atoms with E-state index in [4.69, 9.17) is 9.15 Å². The number of thiazole rings is 1. The number of carbonyl (C=O) groups is 1. The molecule has 1 N–H and O–H groups in total. The third kappa shape index (κ3) is 4.20. The lowest BCUT2D eigenvalue weighted by Crippen LogP contribution is -2.43. The zero-order valence-corrected chi connectivity index (χ0v) is 17.6. The Morgan fingerprint density at radius 3 is 2.79 bits per heavy atom. The molecule has 0 spiro atoms. The maximum Gasteiger partial charge on any atom is 0.263 e. The Morgan fingerprint density at radius 2 is 2.11 bits per heavy atom. The van der Waals surface area contributed by atoms with E-state index < -0.39 is 0 Å². The van der Waals surface area contributed by atoms with Gasteiger partial charge in [0.1, 0.15) is 21.4 Å². The first-order valence-electron chi connectivity index (χ1n) is 9.28. The SMILES string of the molecule is Cc1ccc(C(CNC(=O)c2sc(-c3ccsc3)nc2C)N2CCOCC2)o1. The zero-order chi connectivity index (χ0) is 19.5. The summed E-state index contributed by atoms with van der Waals surface area (Å²) in [5.41, 5.74) is 1.83. The van der Waals surface area contributed by atoms with E-state index in [0.29, 0.717) is 24.6 Å². The molecule has 1 fully saturated rings. The summed E-state index contributed by atoms with van der Waals surface area (Å²) in [6, 6.07) is 5.98. The summed E-state index contributed by atoms with van der Waals surface area (Å²) >= 11 is 3.07. The molecule has 4 heterocycles. The first kappa shape index (κ1) is 19.3. The maximum atomic E-state index is 12.9. The third-order valence-electron chi connectivity index (χ3n) is 4.80. The number of aromatic nitrogens is 1. The lowest BCUT2D eigenvalue weighted by Gasteiger charge is -2.33. The van der Waals surface area contributed by atoms with Gasteiger partial charge in [0.25, 0.3) is 5.91 Å². The molecule has 0 saturated carbocycles. The van der Waals surface area contributed by atoms with Gasteiger partial charge in [-0.2, -0.15) is 11.3 Å². The number of amides is 1. The predicted octanol–water partition coefficient (Wildman–Crippen LogP) is 3.88. The van der Waals surface area contributed by atoms with Crippen LogP contribution in [0.1, 0.15) is 32.9 Å². The number of ether oxygens (including phenoxy) is 1.